The maximum Gasteiger partial charge on any atom is 0.407 e. The van der Waals surface area contributed by atoms with Crippen molar-refractivity contribution in [1.29, 1.82) is 0 Å². The lowest BCUT2D eigenvalue weighted by Crippen LogP contribution is -2.25. The van der Waals surface area contributed by atoms with Crippen LogP contribution in [0.2, 0.25) is 0 Å². The molecule has 0 aromatic carbocycles. The van der Waals surface area contributed by atoms with Crippen molar-refractivity contribution < 1.29 is 14.6 Å². The second kappa shape index (κ2) is 6.35. The van der Waals surface area contributed by atoms with Gasteiger partial charge < -0.3 is 15.2 Å². The van der Waals surface area contributed by atoms with Crippen LogP contribution in [0, 0.1) is 6.92 Å². The Balaban J connectivity index is 3.05. The first-order valence-electron chi connectivity index (χ1n) is 3.12. The second-order valence-corrected chi connectivity index (χ2v) is 1.64. The number of rotatable bonds is 4. The number of nitrogens with one attached hydrogen (secondary N) is 1. The summed E-state index contributed by atoms with van der Waals surface area (Å²) in [5, 5.41) is 10.7. The highest BCUT2D eigenvalue weighted by Crippen LogP contribution is 1.77. The van der Waals surface area contributed by atoms with Crippen LogP contribution in [0.25, 0.3) is 0 Å². The highest BCUT2D eigenvalue weighted by molar-refractivity contribution is 5.66. The summed E-state index contributed by atoms with van der Waals surface area (Å²) < 4.78 is 4.45. The molecular weight excluding hydrogens is 134 g/mol. The van der Waals surface area contributed by atoms with Crippen LogP contribution in [-0.4, -0.2) is 31.0 Å². The summed E-state index contributed by atoms with van der Waals surface area (Å²) in [7, 11) is 0. The number of carbonyl (C=O) groups is 1. The largest absolute Gasteiger partial charge is 0.450 e. The minimum atomic E-state index is -0.483. The standard InChI is InChI=1S/C6H12NO3/c1-2-10-6(9)7-4-3-5-8/h8H,1-5H2,(H,7,9). The number of hydrogen-bond donors (Lipinski definition) is 2. The van der Waals surface area contributed by atoms with Gasteiger partial charge in [-0.25, -0.2) is 4.79 Å². The van der Waals surface area contributed by atoms with E-state index in [9.17, 15) is 4.79 Å². The van der Waals surface area contributed by atoms with Crippen LogP contribution in [0.4, 0.5) is 4.79 Å². The lowest BCUT2D eigenvalue weighted by atomic mass is 10.5. The van der Waals surface area contributed by atoms with E-state index in [0.29, 0.717) is 13.0 Å². The van der Waals surface area contributed by atoms with Crippen LogP contribution < -0.4 is 5.32 Å². The van der Waals surface area contributed by atoms with Crippen molar-refractivity contribution >= 4 is 6.09 Å². The van der Waals surface area contributed by atoms with Gasteiger partial charge in [0.05, 0.1) is 6.61 Å². The van der Waals surface area contributed by atoms with Gasteiger partial charge >= 0.3 is 6.09 Å². The Labute approximate surface area is 60.2 Å². The zero-order valence-electron chi connectivity index (χ0n) is 5.80. The minimum absolute atomic E-state index is 0.0741. The van der Waals surface area contributed by atoms with Gasteiger partial charge in [0, 0.05) is 13.2 Å². The van der Waals surface area contributed by atoms with E-state index in [1.807, 2.05) is 0 Å². The Morgan fingerprint density at radius 2 is 2.40 bits per heavy atom. The third-order valence-electron chi connectivity index (χ3n) is 0.837. The molecule has 4 heteroatoms. The summed E-state index contributed by atoms with van der Waals surface area (Å²) in [6, 6.07) is 0. The summed E-state index contributed by atoms with van der Waals surface area (Å²) in [6.07, 6.45) is 0.0649. The molecule has 0 bridgehead atoms. The number of ether oxygens (including phenoxy) is 1. The van der Waals surface area contributed by atoms with E-state index in [2.05, 4.69) is 17.0 Å². The highest BCUT2D eigenvalue weighted by Gasteiger charge is 1.96. The molecule has 0 fully saturated rings. The third kappa shape index (κ3) is 5.37. The van der Waals surface area contributed by atoms with Crippen molar-refractivity contribution in [3.05, 3.63) is 6.92 Å². The first kappa shape index (κ1) is 9.23. The zero-order valence-corrected chi connectivity index (χ0v) is 5.80. The average Bonchev–Trinajstić information content (AvgIpc) is 1.89. The Bertz CT molecular complexity index is 95.0. The molecule has 0 rings (SSSR count). The van der Waals surface area contributed by atoms with Gasteiger partial charge in [0.15, 0.2) is 0 Å². The van der Waals surface area contributed by atoms with Crippen LogP contribution in [-0.2, 0) is 4.74 Å². The number of aliphatic hydroxyl groups excluding tert-OH is 1. The molecule has 0 aromatic rings. The molecule has 0 aromatic heterocycles. The zero-order chi connectivity index (χ0) is 7.82. The van der Waals surface area contributed by atoms with E-state index in [0.717, 1.165) is 0 Å². The predicted molar refractivity (Wildman–Crippen MR) is 36.4 cm³/mol. The molecule has 0 aliphatic carbocycles. The maximum absolute atomic E-state index is 10.5. The molecule has 0 saturated heterocycles. The van der Waals surface area contributed by atoms with Crippen molar-refractivity contribution in [1.82, 2.24) is 5.32 Å². The second-order valence-electron chi connectivity index (χ2n) is 1.64. The normalized spacial score (nSPS) is 9.00. The Morgan fingerprint density at radius 1 is 1.70 bits per heavy atom. The quantitative estimate of drug-likeness (QED) is 0.546. The first-order valence-corrected chi connectivity index (χ1v) is 3.12. The predicted octanol–water partition coefficient (Wildman–Crippen LogP) is -0.0709. The monoisotopic (exact) mass is 146 g/mol. The fourth-order valence-electron chi connectivity index (χ4n) is 0.413. The number of aliphatic hydroxyl groups is 1. The van der Waals surface area contributed by atoms with Crippen LogP contribution in [0.1, 0.15) is 6.42 Å². The molecule has 4 nitrogen and oxygen atoms in total. The molecule has 59 valence electrons. The van der Waals surface area contributed by atoms with E-state index in [4.69, 9.17) is 5.11 Å². The van der Waals surface area contributed by atoms with Crippen molar-refractivity contribution in [2.24, 2.45) is 0 Å². The Morgan fingerprint density at radius 3 is 2.90 bits per heavy atom. The summed E-state index contributed by atoms with van der Waals surface area (Å²) in [5.74, 6) is 0. The maximum atomic E-state index is 10.5. The van der Waals surface area contributed by atoms with Gasteiger partial charge in [0.2, 0.25) is 0 Å². The van der Waals surface area contributed by atoms with Crippen LogP contribution in [0.3, 0.4) is 0 Å². The van der Waals surface area contributed by atoms with Gasteiger partial charge in [0.25, 0.3) is 0 Å². The van der Waals surface area contributed by atoms with E-state index in [-0.39, 0.29) is 13.2 Å². The van der Waals surface area contributed by atoms with Gasteiger partial charge in [-0.1, -0.05) is 0 Å². The van der Waals surface area contributed by atoms with Gasteiger partial charge in [-0.2, -0.15) is 0 Å². The molecule has 10 heavy (non-hydrogen) atoms. The summed E-state index contributed by atoms with van der Waals surface area (Å²) in [4.78, 5) is 10.5. The lowest BCUT2D eigenvalue weighted by molar-refractivity contribution is 0.156. The summed E-state index contributed by atoms with van der Waals surface area (Å²) >= 11 is 0. The first-order chi connectivity index (χ1) is 4.81. The minimum Gasteiger partial charge on any atom is -0.450 e. The molecule has 0 heterocycles. The van der Waals surface area contributed by atoms with Crippen molar-refractivity contribution in [3.8, 4) is 0 Å². The Hall–Kier alpha value is -0.770. The molecule has 0 aliphatic heterocycles. The fourth-order valence-corrected chi connectivity index (χ4v) is 0.413. The van der Waals surface area contributed by atoms with E-state index in [1.165, 1.54) is 0 Å². The molecule has 1 amide bonds. The van der Waals surface area contributed by atoms with Gasteiger partial charge in [-0.05, 0) is 13.3 Å². The van der Waals surface area contributed by atoms with Crippen molar-refractivity contribution in [2.45, 2.75) is 6.42 Å². The molecule has 0 saturated carbocycles. The van der Waals surface area contributed by atoms with Crippen molar-refractivity contribution in [2.75, 3.05) is 19.8 Å². The lowest BCUT2D eigenvalue weighted by Gasteiger charge is -2.02. The average molecular weight is 146 g/mol. The molecule has 0 atom stereocenters. The van der Waals surface area contributed by atoms with Gasteiger partial charge in [0.1, 0.15) is 0 Å². The number of hydrogen-bond acceptors (Lipinski definition) is 3. The SMILES string of the molecule is [CH2]COC(=O)NCCCO. The molecule has 0 unspecified atom stereocenters. The van der Waals surface area contributed by atoms with E-state index in [1.54, 1.807) is 0 Å². The molecular formula is C6H12NO3. The molecule has 0 aliphatic rings. The van der Waals surface area contributed by atoms with Crippen LogP contribution in [0.5, 0.6) is 0 Å². The summed E-state index contributed by atoms with van der Waals surface area (Å²) in [5.41, 5.74) is 0. The fraction of sp³-hybridized carbons (Fsp3) is 0.667. The van der Waals surface area contributed by atoms with Crippen molar-refractivity contribution in [3.63, 3.8) is 0 Å². The molecule has 1 radical (unpaired) electrons. The Kier molecular flexibility index (Phi) is 5.86. The number of amides is 1. The summed E-state index contributed by atoms with van der Waals surface area (Å²) in [6.45, 7) is 3.97. The smallest absolute Gasteiger partial charge is 0.407 e. The topological polar surface area (TPSA) is 58.6 Å². The number of alkyl carbamates (subject to hydrolysis) is 1. The molecule has 2 N–H and O–H groups in total. The van der Waals surface area contributed by atoms with Crippen LogP contribution >= 0.6 is 0 Å². The van der Waals surface area contributed by atoms with Crippen LogP contribution in [0.15, 0.2) is 0 Å². The third-order valence-corrected chi connectivity index (χ3v) is 0.837. The highest BCUT2D eigenvalue weighted by atomic mass is 16.5. The van der Waals surface area contributed by atoms with E-state index < -0.39 is 6.09 Å². The van der Waals surface area contributed by atoms with Gasteiger partial charge in [-0.15, -0.1) is 0 Å². The molecule has 0 spiro atoms. The van der Waals surface area contributed by atoms with E-state index >= 15 is 0 Å². The number of carbonyl (C=O) groups excluding carboxylic acids is 1. The van der Waals surface area contributed by atoms with Gasteiger partial charge in [-0.3, -0.25) is 0 Å².